The molecule has 0 aliphatic carbocycles. The molecule has 0 spiro atoms. The van der Waals surface area contributed by atoms with Crippen molar-refractivity contribution in [3.8, 4) is 0 Å². The van der Waals surface area contributed by atoms with Gasteiger partial charge in [0.25, 0.3) is 0 Å². The molecular formula is C33H66N6O6. The standard InChI is InChI=1S/C33H66N6O6/c1-7-13-19-29(40)38(27-44-23-17-11-5)32-34-31(37(25-42-21-15-9-3)26-43-22-16-10-4)35-33(36-32)39(28-45-24-18-12-6)30(41)20-14-8-2/h29-30,40-41H,7-28H2,1-6H3. The van der Waals surface area contributed by atoms with Crippen molar-refractivity contribution in [2.45, 2.75) is 144 Å². The second kappa shape index (κ2) is 27.3. The molecule has 0 aliphatic rings. The number of unbranched alkanes of at least 4 members (excludes halogenated alkanes) is 6. The summed E-state index contributed by atoms with van der Waals surface area (Å²) in [6, 6.07) is 0. The van der Waals surface area contributed by atoms with Gasteiger partial charge < -0.3 is 29.2 Å². The summed E-state index contributed by atoms with van der Waals surface area (Å²) in [7, 11) is 0. The first kappa shape index (κ1) is 41.2. The molecule has 2 N–H and O–H groups in total. The lowest BCUT2D eigenvalue weighted by Crippen LogP contribution is -2.42. The van der Waals surface area contributed by atoms with Crippen molar-refractivity contribution in [2.75, 3.05) is 68.1 Å². The Morgan fingerprint density at radius 1 is 0.467 bits per heavy atom. The summed E-state index contributed by atoms with van der Waals surface area (Å²) in [5.41, 5.74) is 0. The Labute approximate surface area is 273 Å². The highest BCUT2D eigenvalue weighted by molar-refractivity contribution is 5.46. The van der Waals surface area contributed by atoms with Crippen LogP contribution in [0.15, 0.2) is 0 Å². The molecule has 0 saturated heterocycles. The molecule has 0 saturated carbocycles. The van der Waals surface area contributed by atoms with Crippen LogP contribution in [-0.4, -0.2) is 91.0 Å². The summed E-state index contributed by atoms with van der Waals surface area (Å²) in [5, 5.41) is 22.7. The number of aliphatic hydroxyl groups is 2. The summed E-state index contributed by atoms with van der Waals surface area (Å²) in [4.78, 5) is 19.7. The van der Waals surface area contributed by atoms with Gasteiger partial charge in [0.15, 0.2) is 0 Å². The van der Waals surface area contributed by atoms with Gasteiger partial charge in [-0.25, -0.2) is 0 Å². The van der Waals surface area contributed by atoms with Crippen molar-refractivity contribution in [2.24, 2.45) is 0 Å². The van der Waals surface area contributed by atoms with Crippen LogP contribution >= 0.6 is 0 Å². The molecule has 0 radical (unpaired) electrons. The average Bonchev–Trinajstić information content (AvgIpc) is 3.05. The molecule has 264 valence electrons. The number of hydrogen-bond acceptors (Lipinski definition) is 12. The van der Waals surface area contributed by atoms with Gasteiger partial charge in [0, 0.05) is 26.4 Å². The average molecular weight is 643 g/mol. The monoisotopic (exact) mass is 643 g/mol. The van der Waals surface area contributed by atoms with E-state index in [0.717, 1.165) is 77.0 Å². The predicted molar refractivity (Wildman–Crippen MR) is 181 cm³/mol. The maximum absolute atomic E-state index is 11.3. The van der Waals surface area contributed by atoms with Crippen LogP contribution in [0.1, 0.15) is 131 Å². The van der Waals surface area contributed by atoms with Gasteiger partial charge in [-0.05, 0) is 51.4 Å². The molecule has 1 heterocycles. The topological polar surface area (TPSA) is 126 Å². The van der Waals surface area contributed by atoms with Gasteiger partial charge in [-0.3, -0.25) is 14.7 Å². The summed E-state index contributed by atoms with van der Waals surface area (Å²) < 4.78 is 24.0. The van der Waals surface area contributed by atoms with E-state index in [1.807, 2.05) is 4.90 Å². The highest BCUT2D eigenvalue weighted by Gasteiger charge is 2.27. The van der Waals surface area contributed by atoms with Crippen molar-refractivity contribution >= 4 is 17.8 Å². The molecule has 2 unspecified atom stereocenters. The molecule has 0 fully saturated rings. The van der Waals surface area contributed by atoms with E-state index in [9.17, 15) is 10.2 Å². The number of nitrogens with zero attached hydrogens (tertiary/aromatic N) is 6. The second-order valence-electron chi connectivity index (χ2n) is 11.5. The predicted octanol–water partition coefficient (Wildman–Crippen LogP) is 6.40. The van der Waals surface area contributed by atoms with Crippen LogP contribution in [0.25, 0.3) is 0 Å². The number of ether oxygens (including phenoxy) is 4. The Kier molecular flexibility index (Phi) is 25.0. The minimum atomic E-state index is -0.857. The Balaban J connectivity index is 3.65. The van der Waals surface area contributed by atoms with Crippen LogP contribution in [0.4, 0.5) is 17.8 Å². The Bertz CT molecular complexity index is 766. The largest absolute Gasteiger partial charge is 0.373 e. The summed E-state index contributed by atoms with van der Waals surface area (Å²) in [6.07, 6.45) is 10.7. The third-order valence-electron chi connectivity index (χ3n) is 7.27. The lowest BCUT2D eigenvalue weighted by molar-refractivity contribution is 0.0738. The van der Waals surface area contributed by atoms with Crippen LogP contribution in [-0.2, 0) is 18.9 Å². The number of hydrogen-bond donors (Lipinski definition) is 2. The third-order valence-corrected chi connectivity index (χ3v) is 7.27. The molecule has 0 aliphatic heterocycles. The molecule has 1 aromatic heterocycles. The smallest absolute Gasteiger partial charge is 0.235 e. The van der Waals surface area contributed by atoms with Crippen molar-refractivity contribution in [3.63, 3.8) is 0 Å². The van der Waals surface area contributed by atoms with Crippen LogP contribution < -0.4 is 14.7 Å². The summed E-state index contributed by atoms with van der Waals surface area (Å²) in [6.45, 7) is 15.7. The van der Waals surface area contributed by atoms with Gasteiger partial charge >= 0.3 is 0 Å². The van der Waals surface area contributed by atoms with Crippen LogP contribution in [0.2, 0.25) is 0 Å². The van der Waals surface area contributed by atoms with E-state index >= 15 is 0 Å². The fourth-order valence-electron chi connectivity index (χ4n) is 4.19. The zero-order chi connectivity index (χ0) is 33.1. The molecule has 0 aromatic carbocycles. The maximum atomic E-state index is 11.3. The quantitative estimate of drug-likeness (QED) is 0.0687. The Morgan fingerprint density at radius 2 is 0.778 bits per heavy atom. The van der Waals surface area contributed by atoms with Gasteiger partial charge in [-0.1, -0.05) is 80.1 Å². The summed E-state index contributed by atoms with van der Waals surface area (Å²) in [5.74, 6) is 0.873. The maximum Gasteiger partial charge on any atom is 0.235 e. The summed E-state index contributed by atoms with van der Waals surface area (Å²) >= 11 is 0. The molecule has 1 aromatic rings. The lowest BCUT2D eigenvalue weighted by atomic mass is 10.2. The number of aliphatic hydroxyl groups excluding tert-OH is 2. The normalized spacial score (nSPS) is 12.8. The number of rotatable bonds is 31. The van der Waals surface area contributed by atoms with Crippen molar-refractivity contribution in [1.29, 1.82) is 0 Å². The minimum absolute atomic E-state index is 0.124. The molecule has 12 nitrogen and oxygen atoms in total. The van der Waals surface area contributed by atoms with E-state index in [2.05, 4.69) is 41.5 Å². The van der Waals surface area contributed by atoms with E-state index in [1.54, 1.807) is 9.80 Å². The number of anilines is 3. The van der Waals surface area contributed by atoms with Crippen LogP contribution in [0, 0.1) is 0 Å². The molecule has 1 rings (SSSR count). The molecule has 0 bridgehead atoms. The van der Waals surface area contributed by atoms with Gasteiger partial charge in [-0.2, -0.15) is 15.0 Å². The van der Waals surface area contributed by atoms with E-state index < -0.39 is 12.5 Å². The highest BCUT2D eigenvalue weighted by Crippen LogP contribution is 2.24. The highest BCUT2D eigenvalue weighted by atomic mass is 16.5. The van der Waals surface area contributed by atoms with E-state index in [0.29, 0.717) is 45.2 Å². The van der Waals surface area contributed by atoms with E-state index in [-0.39, 0.29) is 38.8 Å². The van der Waals surface area contributed by atoms with Gasteiger partial charge in [0.2, 0.25) is 17.8 Å². The van der Waals surface area contributed by atoms with Crippen molar-refractivity contribution in [1.82, 2.24) is 15.0 Å². The first-order chi connectivity index (χ1) is 22.0. The van der Waals surface area contributed by atoms with E-state index in [1.165, 1.54) is 0 Å². The Hall–Kier alpha value is -1.83. The minimum Gasteiger partial charge on any atom is -0.373 e. The van der Waals surface area contributed by atoms with Gasteiger partial charge in [0.05, 0.1) is 0 Å². The fraction of sp³-hybridized carbons (Fsp3) is 0.909. The van der Waals surface area contributed by atoms with Gasteiger partial charge in [-0.15, -0.1) is 0 Å². The van der Waals surface area contributed by atoms with Crippen LogP contribution in [0.5, 0.6) is 0 Å². The lowest BCUT2D eigenvalue weighted by Gasteiger charge is -2.32. The zero-order valence-electron chi connectivity index (χ0n) is 29.4. The third kappa shape index (κ3) is 17.6. The molecule has 0 amide bonds. The van der Waals surface area contributed by atoms with Crippen LogP contribution in [0.3, 0.4) is 0 Å². The fourth-order valence-corrected chi connectivity index (χ4v) is 4.19. The number of aromatic nitrogens is 3. The molecule has 45 heavy (non-hydrogen) atoms. The zero-order valence-corrected chi connectivity index (χ0v) is 29.4. The van der Waals surface area contributed by atoms with E-state index in [4.69, 9.17) is 33.9 Å². The van der Waals surface area contributed by atoms with Crippen molar-refractivity contribution < 1.29 is 29.2 Å². The Morgan fingerprint density at radius 3 is 1.11 bits per heavy atom. The second-order valence-corrected chi connectivity index (χ2v) is 11.5. The molecule has 2 atom stereocenters. The van der Waals surface area contributed by atoms with Gasteiger partial charge in [0.1, 0.15) is 39.4 Å². The first-order valence-corrected chi connectivity index (χ1v) is 17.7. The first-order valence-electron chi connectivity index (χ1n) is 17.7. The molecular weight excluding hydrogens is 576 g/mol. The molecule has 12 heteroatoms. The SMILES string of the molecule is CCCCOCN(COCCCC)c1nc(N(COCCCC)C(O)CCCC)nc(N(COCCCC)C(O)CCCC)n1. The van der Waals surface area contributed by atoms with Crippen molar-refractivity contribution in [3.05, 3.63) is 0 Å².